The van der Waals surface area contributed by atoms with Gasteiger partial charge in [0.2, 0.25) is 0 Å². The molecule has 178 valence electrons. The summed E-state index contributed by atoms with van der Waals surface area (Å²) in [6.45, 7) is 3.41. The van der Waals surface area contributed by atoms with Gasteiger partial charge in [-0.15, -0.1) is 0 Å². The normalized spacial score (nSPS) is 15.5. The highest BCUT2D eigenvalue weighted by Crippen LogP contribution is 2.36. The van der Waals surface area contributed by atoms with Gasteiger partial charge in [0.15, 0.2) is 0 Å². The Morgan fingerprint density at radius 2 is 1.91 bits per heavy atom. The van der Waals surface area contributed by atoms with Crippen LogP contribution in [-0.2, 0) is 20.9 Å². The molecule has 2 amide bonds. The van der Waals surface area contributed by atoms with Crippen LogP contribution in [0, 0.1) is 17.3 Å². The van der Waals surface area contributed by atoms with E-state index in [4.69, 9.17) is 9.47 Å². The van der Waals surface area contributed by atoms with E-state index < -0.39 is 28.1 Å². The number of benzene rings is 2. The van der Waals surface area contributed by atoms with Crippen molar-refractivity contribution in [2.75, 3.05) is 6.61 Å². The smallest absolute Gasteiger partial charge is 0.329 e. The van der Waals surface area contributed by atoms with Gasteiger partial charge >= 0.3 is 5.97 Å². The zero-order valence-corrected chi connectivity index (χ0v) is 23.1. The summed E-state index contributed by atoms with van der Waals surface area (Å²) in [7, 11) is 0. The second-order valence-electron chi connectivity index (χ2n) is 7.01. The molecule has 0 unspecified atom stereocenters. The molecular weight excluding hydrogens is 690 g/mol. The maximum atomic E-state index is 12.8. The third-order valence-electron chi connectivity index (χ3n) is 4.66. The van der Waals surface area contributed by atoms with Crippen LogP contribution in [0.1, 0.15) is 25.0 Å². The Labute approximate surface area is 226 Å². The van der Waals surface area contributed by atoms with E-state index >= 15 is 0 Å². The average Bonchev–Trinajstić information content (AvgIpc) is 3.05. The lowest BCUT2D eigenvalue weighted by atomic mass is 10.2. The number of rotatable bonds is 8. The van der Waals surface area contributed by atoms with Gasteiger partial charge in [0.1, 0.15) is 18.4 Å². The molecule has 1 heterocycles. The van der Waals surface area contributed by atoms with Gasteiger partial charge in [-0.2, -0.15) is 0 Å². The lowest BCUT2D eigenvalue weighted by molar-refractivity contribution is -0.384. The summed E-state index contributed by atoms with van der Waals surface area (Å²) >= 11 is 4.97. The van der Waals surface area contributed by atoms with Crippen LogP contribution in [-0.4, -0.2) is 39.6 Å². The van der Waals surface area contributed by atoms with Gasteiger partial charge in [-0.3, -0.25) is 24.6 Å². The van der Waals surface area contributed by atoms with Crippen LogP contribution in [0.5, 0.6) is 5.75 Å². The van der Waals surface area contributed by atoms with E-state index in [2.05, 4.69) is 45.2 Å². The highest BCUT2D eigenvalue weighted by molar-refractivity contribution is 14.1. The van der Waals surface area contributed by atoms with Crippen molar-refractivity contribution in [2.24, 2.45) is 0 Å². The standard InChI is InChI=1S/C22H18I2N2O7S/c1-3-32-21(28)12(2)25-20(27)18(34-22(25)29)10-14-8-16(23)19(17(24)9-14)33-11-13-5-4-6-15(7-13)26(30)31/h4-10,12H,3,11H2,1-2H3/b18-10+/t12-/m0/s1. The third kappa shape index (κ3) is 6.07. The van der Waals surface area contributed by atoms with E-state index in [1.165, 1.54) is 19.1 Å². The quantitative estimate of drug-likeness (QED) is 0.118. The lowest BCUT2D eigenvalue weighted by Gasteiger charge is -2.19. The molecule has 0 aromatic heterocycles. The Bertz CT molecular complexity index is 1180. The van der Waals surface area contributed by atoms with Crippen molar-refractivity contribution in [1.82, 2.24) is 4.90 Å². The van der Waals surface area contributed by atoms with Crippen molar-refractivity contribution in [3.05, 3.63) is 69.7 Å². The van der Waals surface area contributed by atoms with E-state index in [0.29, 0.717) is 16.9 Å². The van der Waals surface area contributed by atoms with E-state index in [0.717, 1.165) is 23.8 Å². The Hall–Kier alpha value is -2.20. The van der Waals surface area contributed by atoms with E-state index in [-0.39, 0.29) is 23.8 Å². The summed E-state index contributed by atoms with van der Waals surface area (Å²) in [5.41, 5.74) is 1.34. The third-order valence-corrected chi connectivity index (χ3v) is 7.15. The number of ether oxygens (including phenoxy) is 2. The van der Waals surface area contributed by atoms with Gasteiger partial charge in [0, 0.05) is 12.1 Å². The molecule has 34 heavy (non-hydrogen) atoms. The van der Waals surface area contributed by atoms with Crippen LogP contribution in [0.4, 0.5) is 10.5 Å². The number of hydrogen-bond acceptors (Lipinski definition) is 8. The summed E-state index contributed by atoms with van der Waals surface area (Å²) in [4.78, 5) is 48.7. The first-order chi connectivity index (χ1) is 16.1. The van der Waals surface area contributed by atoms with Gasteiger partial charge in [-0.05, 0) is 100 Å². The van der Waals surface area contributed by atoms with Gasteiger partial charge in [-0.1, -0.05) is 12.1 Å². The number of non-ortho nitro benzene ring substituents is 1. The largest absolute Gasteiger partial charge is 0.487 e. The number of thioether (sulfide) groups is 1. The van der Waals surface area contributed by atoms with Crippen molar-refractivity contribution < 1.29 is 28.8 Å². The predicted molar refractivity (Wildman–Crippen MR) is 143 cm³/mol. The number of amides is 2. The Kier molecular flexibility index (Phi) is 8.92. The Balaban J connectivity index is 1.77. The fraction of sp³-hybridized carbons (Fsp3) is 0.227. The van der Waals surface area contributed by atoms with Crippen molar-refractivity contribution >= 4 is 85.8 Å². The Morgan fingerprint density at radius 3 is 2.53 bits per heavy atom. The van der Waals surface area contributed by atoms with Crippen LogP contribution < -0.4 is 4.74 Å². The van der Waals surface area contributed by atoms with Crippen LogP contribution in [0.25, 0.3) is 6.08 Å². The molecule has 3 rings (SSSR count). The monoisotopic (exact) mass is 708 g/mol. The van der Waals surface area contributed by atoms with E-state index in [1.807, 2.05) is 0 Å². The van der Waals surface area contributed by atoms with Gasteiger partial charge in [0.05, 0.1) is 23.6 Å². The fourth-order valence-electron chi connectivity index (χ4n) is 3.05. The molecule has 0 N–H and O–H groups in total. The number of hydrogen-bond donors (Lipinski definition) is 0. The number of esters is 1. The number of carbonyl (C=O) groups is 3. The molecule has 1 aliphatic rings. The Morgan fingerprint density at radius 1 is 1.24 bits per heavy atom. The first-order valence-corrected chi connectivity index (χ1v) is 12.9. The molecule has 1 atom stereocenters. The highest BCUT2D eigenvalue weighted by Gasteiger charge is 2.41. The molecular formula is C22H18I2N2O7S. The molecule has 2 aromatic rings. The summed E-state index contributed by atoms with van der Waals surface area (Å²) < 4.78 is 12.4. The second-order valence-corrected chi connectivity index (χ2v) is 10.3. The van der Waals surface area contributed by atoms with Crippen LogP contribution in [0.2, 0.25) is 0 Å². The van der Waals surface area contributed by atoms with Crippen LogP contribution in [0.3, 0.4) is 0 Å². The molecule has 1 saturated heterocycles. The average molecular weight is 708 g/mol. The molecule has 0 spiro atoms. The molecule has 12 heteroatoms. The minimum Gasteiger partial charge on any atom is -0.487 e. The van der Waals surface area contributed by atoms with E-state index in [9.17, 15) is 24.5 Å². The van der Waals surface area contributed by atoms with Gasteiger partial charge in [-0.25, -0.2) is 4.79 Å². The second kappa shape index (κ2) is 11.5. The number of nitro groups is 1. The zero-order valence-electron chi connectivity index (χ0n) is 17.9. The maximum Gasteiger partial charge on any atom is 0.329 e. The lowest BCUT2D eigenvalue weighted by Crippen LogP contribution is -2.42. The van der Waals surface area contributed by atoms with Crippen molar-refractivity contribution in [3.63, 3.8) is 0 Å². The van der Waals surface area contributed by atoms with Gasteiger partial charge in [0.25, 0.3) is 16.8 Å². The molecule has 0 saturated carbocycles. The molecule has 0 radical (unpaired) electrons. The summed E-state index contributed by atoms with van der Waals surface area (Å²) in [5.74, 6) is -0.583. The number of nitro benzene ring substituents is 1. The molecule has 0 bridgehead atoms. The SMILES string of the molecule is CCOC(=O)[C@H](C)N1C(=O)S/C(=C/c2cc(I)c(OCc3cccc([N+](=O)[O-])c3)c(I)c2)C1=O. The topological polar surface area (TPSA) is 116 Å². The molecule has 9 nitrogen and oxygen atoms in total. The van der Waals surface area contributed by atoms with Crippen molar-refractivity contribution in [1.29, 1.82) is 0 Å². The first kappa shape index (κ1) is 26.4. The molecule has 2 aromatic carbocycles. The fourth-order valence-corrected chi connectivity index (χ4v) is 6.09. The van der Waals surface area contributed by atoms with Crippen molar-refractivity contribution in [2.45, 2.75) is 26.5 Å². The predicted octanol–water partition coefficient (Wildman–Crippen LogP) is 5.37. The highest BCUT2D eigenvalue weighted by atomic mass is 127. The summed E-state index contributed by atoms with van der Waals surface area (Å²) in [6.07, 6.45) is 1.59. The van der Waals surface area contributed by atoms with Crippen molar-refractivity contribution in [3.8, 4) is 5.75 Å². The van der Waals surface area contributed by atoms with Crippen LogP contribution in [0.15, 0.2) is 41.3 Å². The number of imide groups is 1. The molecule has 1 fully saturated rings. The summed E-state index contributed by atoms with van der Waals surface area (Å²) in [5, 5.41) is 10.4. The minimum absolute atomic E-state index is 0.00735. The minimum atomic E-state index is -1.01. The first-order valence-electron chi connectivity index (χ1n) is 9.91. The zero-order chi connectivity index (χ0) is 25.0. The number of halogens is 2. The summed E-state index contributed by atoms with van der Waals surface area (Å²) in [6, 6.07) is 8.81. The van der Waals surface area contributed by atoms with E-state index in [1.54, 1.807) is 37.3 Å². The van der Waals surface area contributed by atoms with Crippen LogP contribution >= 0.6 is 56.9 Å². The molecule has 1 aliphatic heterocycles. The number of nitrogens with zero attached hydrogens (tertiary/aromatic N) is 2. The number of carbonyl (C=O) groups excluding carboxylic acids is 3. The maximum absolute atomic E-state index is 12.8. The molecule has 0 aliphatic carbocycles. The van der Waals surface area contributed by atoms with Gasteiger partial charge < -0.3 is 9.47 Å².